The van der Waals surface area contributed by atoms with Crippen LogP contribution in [0, 0.1) is 0 Å². The van der Waals surface area contributed by atoms with Gasteiger partial charge in [-0.1, -0.05) is 23.7 Å². The summed E-state index contributed by atoms with van der Waals surface area (Å²) < 4.78 is 4.94. The molecule has 1 aromatic rings. The Labute approximate surface area is 111 Å². The van der Waals surface area contributed by atoms with Crippen molar-refractivity contribution in [2.75, 3.05) is 24.8 Å². The summed E-state index contributed by atoms with van der Waals surface area (Å²) in [6.07, 6.45) is 0. The molecule has 0 aliphatic carbocycles. The molecular formula is C12H16ClNO2S. The van der Waals surface area contributed by atoms with Crippen molar-refractivity contribution in [3.8, 4) is 0 Å². The maximum Gasteiger partial charge on any atom is 0.237 e. The van der Waals surface area contributed by atoms with Gasteiger partial charge in [0.2, 0.25) is 5.91 Å². The van der Waals surface area contributed by atoms with Gasteiger partial charge in [0.05, 0.1) is 22.6 Å². The summed E-state index contributed by atoms with van der Waals surface area (Å²) in [4.78, 5) is 11.8. The number of methoxy groups -OCH3 is 1. The van der Waals surface area contributed by atoms with Crippen molar-refractivity contribution in [3.05, 3.63) is 29.3 Å². The number of thioether (sulfide) groups is 1. The largest absolute Gasteiger partial charge is 0.384 e. The van der Waals surface area contributed by atoms with Crippen LogP contribution >= 0.6 is 23.4 Å². The van der Waals surface area contributed by atoms with E-state index in [4.69, 9.17) is 16.3 Å². The number of hydrogen-bond donors (Lipinski definition) is 1. The number of benzene rings is 1. The zero-order valence-corrected chi connectivity index (χ0v) is 11.5. The Kier molecular flexibility index (Phi) is 6.40. The van der Waals surface area contributed by atoms with E-state index in [1.807, 2.05) is 19.1 Å². The van der Waals surface area contributed by atoms with Gasteiger partial charge in [0.1, 0.15) is 0 Å². The van der Waals surface area contributed by atoms with Crippen molar-refractivity contribution in [1.29, 1.82) is 0 Å². The lowest BCUT2D eigenvalue weighted by Crippen LogP contribution is -2.23. The summed E-state index contributed by atoms with van der Waals surface area (Å²) in [7, 11) is 1.65. The number of nitrogens with one attached hydrogen (secondary N) is 1. The van der Waals surface area contributed by atoms with E-state index in [2.05, 4.69) is 5.32 Å². The Morgan fingerprint density at radius 2 is 2.24 bits per heavy atom. The first kappa shape index (κ1) is 14.4. The lowest BCUT2D eigenvalue weighted by molar-refractivity contribution is -0.115. The van der Waals surface area contributed by atoms with Crippen molar-refractivity contribution in [2.24, 2.45) is 0 Å². The zero-order valence-electron chi connectivity index (χ0n) is 9.90. The summed E-state index contributed by atoms with van der Waals surface area (Å²) in [5, 5.41) is 3.23. The van der Waals surface area contributed by atoms with Crippen LogP contribution < -0.4 is 5.32 Å². The van der Waals surface area contributed by atoms with Crippen LogP contribution in [0.1, 0.15) is 6.92 Å². The van der Waals surface area contributed by atoms with Crippen LogP contribution in [0.15, 0.2) is 24.3 Å². The molecule has 0 aliphatic rings. The first-order valence-corrected chi connectivity index (χ1v) is 6.73. The number of rotatable bonds is 6. The number of hydrogen-bond acceptors (Lipinski definition) is 3. The van der Waals surface area contributed by atoms with Gasteiger partial charge in [-0.3, -0.25) is 4.79 Å². The summed E-state index contributed by atoms with van der Waals surface area (Å²) in [6.45, 7) is 2.51. The van der Waals surface area contributed by atoms with E-state index in [0.717, 1.165) is 5.75 Å². The van der Waals surface area contributed by atoms with E-state index in [1.165, 1.54) is 0 Å². The predicted octanol–water partition coefficient (Wildman–Crippen LogP) is 3.05. The molecule has 0 fully saturated rings. The van der Waals surface area contributed by atoms with Crippen LogP contribution in [0.3, 0.4) is 0 Å². The lowest BCUT2D eigenvalue weighted by atomic mass is 10.3. The highest BCUT2D eigenvalue weighted by molar-refractivity contribution is 8.00. The van der Waals surface area contributed by atoms with E-state index >= 15 is 0 Å². The van der Waals surface area contributed by atoms with Crippen molar-refractivity contribution in [3.63, 3.8) is 0 Å². The SMILES string of the molecule is COCCSC(C)C(=O)Nc1ccccc1Cl. The summed E-state index contributed by atoms with van der Waals surface area (Å²) in [5.74, 6) is 0.757. The highest BCUT2D eigenvalue weighted by atomic mass is 35.5. The second-order valence-electron chi connectivity index (χ2n) is 3.47. The third-order valence-electron chi connectivity index (χ3n) is 2.16. The molecule has 94 valence electrons. The van der Waals surface area contributed by atoms with Gasteiger partial charge in [0.15, 0.2) is 0 Å². The minimum atomic E-state index is -0.124. The maximum atomic E-state index is 11.8. The fourth-order valence-corrected chi connectivity index (χ4v) is 2.19. The molecule has 0 aliphatic heterocycles. The summed E-state index contributed by atoms with van der Waals surface area (Å²) >= 11 is 7.51. The van der Waals surface area contributed by atoms with E-state index in [-0.39, 0.29) is 11.2 Å². The average Bonchev–Trinajstić information content (AvgIpc) is 2.32. The molecule has 17 heavy (non-hydrogen) atoms. The van der Waals surface area contributed by atoms with Crippen LogP contribution in [0.5, 0.6) is 0 Å². The molecule has 1 aromatic carbocycles. The number of carbonyl (C=O) groups excluding carboxylic acids is 1. The van der Waals surface area contributed by atoms with Gasteiger partial charge in [0.25, 0.3) is 0 Å². The minimum absolute atomic E-state index is 0.0424. The number of amides is 1. The van der Waals surface area contributed by atoms with Crippen LogP contribution in [0.25, 0.3) is 0 Å². The van der Waals surface area contributed by atoms with Gasteiger partial charge >= 0.3 is 0 Å². The van der Waals surface area contributed by atoms with E-state index in [1.54, 1.807) is 31.0 Å². The van der Waals surface area contributed by atoms with E-state index in [0.29, 0.717) is 17.3 Å². The minimum Gasteiger partial charge on any atom is -0.384 e. The molecule has 1 N–H and O–H groups in total. The first-order valence-electron chi connectivity index (χ1n) is 5.31. The highest BCUT2D eigenvalue weighted by Gasteiger charge is 2.14. The van der Waals surface area contributed by atoms with E-state index in [9.17, 15) is 4.79 Å². The van der Waals surface area contributed by atoms with Gasteiger partial charge in [-0.2, -0.15) is 0 Å². The molecule has 0 radical (unpaired) electrons. The van der Waals surface area contributed by atoms with Crippen molar-refractivity contribution >= 4 is 35.0 Å². The molecule has 0 heterocycles. The number of anilines is 1. The lowest BCUT2D eigenvalue weighted by Gasteiger charge is -2.12. The normalized spacial score (nSPS) is 12.2. The van der Waals surface area contributed by atoms with Crippen LogP contribution in [-0.2, 0) is 9.53 Å². The van der Waals surface area contributed by atoms with Crippen molar-refractivity contribution in [1.82, 2.24) is 0 Å². The molecule has 0 spiro atoms. The Hall–Kier alpha value is -0.710. The molecule has 1 rings (SSSR count). The van der Waals surface area contributed by atoms with Gasteiger partial charge in [0, 0.05) is 12.9 Å². The van der Waals surface area contributed by atoms with Gasteiger partial charge in [-0.25, -0.2) is 0 Å². The topological polar surface area (TPSA) is 38.3 Å². The van der Waals surface area contributed by atoms with Gasteiger partial charge in [-0.05, 0) is 19.1 Å². The molecule has 1 atom stereocenters. The molecule has 0 saturated heterocycles. The molecule has 1 amide bonds. The molecule has 0 bridgehead atoms. The van der Waals surface area contributed by atoms with Crippen molar-refractivity contribution < 1.29 is 9.53 Å². The summed E-state index contributed by atoms with van der Waals surface area (Å²) in [6, 6.07) is 7.20. The standard InChI is InChI=1S/C12H16ClNO2S/c1-9(17-8-7-16-2)12(15)14-11-6-4-3-5-10(11)13/h3-6,9H,7-8H2,1-2H3,(H,14,15). The summed E-state index contributed by atoms with van der Waals surface area (Å²) in [5.41, 5.74) is 0.651. The fraction of sp³-hybridized carbons (Fsp3) is 0.417. The number of halogens is 1. The maximum absolute atomic E-state index is 11.8. The first-order chi connectivity index (χ1) is 8.15. The Morgan fingerprint density at radius 1 is 1.53 bits per heavy atom. The third kappa shape index (κ3) is 4.98. The van der Waals surface area contributed by atoms with Crippen LogP contribution in [0.2, 0.25) is 5.02 Å². The molecule has 0 aromatic heterocycles. The number of carbonyl (C=O) groups is 1. The zero-order chi connectivity index (χ0) is 12.7. The molecule has 0 saturated carbocycles. The smallest absolute Gasteiger partial charge is 0.237 e. The highest BCUT2D eigenvalue weighted by Crippen LogP contribution is 2.21. The Morgan fingerprint density at radius 3 is 2.88 bits per heavy atom. The second-order valence-corrected chi connectivity index (χ2v) is 5.33. The van der Waals surface area contributed by atoms with Crippen molar-refractivity contribution in [2.45, 2.75) is 12.2 Å². The third-order valence-corrected chi connectivity index (χ3v) is 3.60. The Bertz CT molecular complexity index is 373. The predicted molar refractivity (Wildman–Crippen MR) is 73.9 cm³/mol. The van der Waals surface area contributed by atoms with Crippen LogP contribution in [-0.4, -0.2) is 30.6 Å². The fourth-order valence-electron chi connectivity index (χ4n) is 1.18. The van der Waals surface area contributed by atoms with Crippen LogP contribution in [0.4, 0.5) is 5.69 Å². The molecule has 1 unspecified atom stereocenters. The molecular weight excluding hydrogens is 258 g/mol. The molecule has 5 heteroatoms. The van der Waals surface area contributed by atoms with Gasteiger partial charge < -0.3 is 10.1 Å². The quantitative estimate of drug-likeness (QED) is 0.810. The molecule has 3 nitrogen and oxygen atoms in total. The average molecular weight is 274 g/mol. The Balaban J connectivity index is 2.46. The second kappa shape index (κ2) is 7.58. The monoisotopic (exact) mass is 273 g/mol. The number of ether oxygens (including phenoxy) is 1. The van der Waals surface area contributed by atoms with E-state index < -0.39 is 0 Å². The van der Waals surface area contributed by atoms with Gasteiger partial charge in [-0.15, -0.1) is 11.8 Å². The number of para-hydroxylation sites is 1.